The molecule has 0 aromatic heterocycles. The van der Waals surface area contributed by atoms with Crippen LogP contribution in [-0.2, 0) is 11.3 Å². The number of ether oxygens (including phenoxy) is 1. The lowest BCUT2D eigenvalue weighted by atomic mass is 10.1. The number of alkyl halides is 3. The maximum absolute atomic E-state index is 12.0. The van der Waals surface area contributed by atoms with Crippen LogP contribution in [0.3, 0.4) is 0 Å². The van der Waals surface area contributed by atoms with E-state index in [9.17, 15) is 13.2 Å². The van der Waals surface area contributed by atoms with Crippen molar-refractivity contribution in [2.75, 3.05) is 31.1 Å². The fourth-order valence-corrected chi connectivity index (χ4v) is 3.02. The summed E-state index contributed by atoms with van der Waals surface area (Å²) in [5, 5.41) is 0. The number of nitrogens with zero attached hydrogens (tertiary/aromatic N) is 2. The largest absolute Gasteiger partial charge is 0.572 e. The Bertz CT molecular complexity index is 649. The van der Waals surface area contributed by atoms with Crippen molar-refractivity contribution >= 4 is 28.3 Å². The van der Waals surface area contributed by atoms with Crippen LogP contribution >= 0.6 is 22.6 Å². The van der Waals surface area contributed by atoms with E-state index in [1.165, 1.54) is 6.08 Å². The van der Waals surface area contributed by atoms with Crippen molar-refractivity contribution in [2.45, 2.75) is 12.9 Å². The number of anilines is 1. The number of hydrogen-bond donors (Lipinski definition) is 1. The Hall–Kier alpha value is -1.68. The fraction of sp³-hybridized carbons (Fsp3) is 0.333. The highest BCUT2D eigenvalue weighted by molar-refractivity contribution is 14.1. The van der Waals surface area contributed by atoms with Gasteiger partial charge in [-0.15, -0.1) is 13.2 Å². The third-order valence-electron chi connectivity index (χ3n) is 3.96. The molecule has 1 aromatic rings. The molecule has 1 saturated heterocycles. The second-order valence-corrected chi connectivity index (χ2v) is 6.34. The average Bonchev–Trinajstić information content (AvgIpc) is 2.64. The molecule has 1 aromatic carbocycles. The van der Waals surface area contributed by atoms with E-state index in [1.54, 1.807) is 6.08 Å². The lowest BCUT2D eigenvalue weighted by Gasteiger charge is -2.38. The van der Waals surface area contributed by atoms with E-state index in [0.29, 0.717) is 12.8 Å². The van der Waals surface area contributed by atoms with Crippen molar-refractivity contribution in [3.63, 3.8) is 0 Å². The van der Waals surface area contributed by atoms with Crippen molar-refractivity contribution in [1.82, 2.24) is 4.90 Å². The molecular weight excluding hydrogens is 458 g/mol. The molecule has 26 heavy (non-hydrogen) atoms. The van der Waals surface area contributed by atoms with Crippen molar-refractivity contribution in [3.8, 4) is 0 Å². The Morgan fingerprint density at radius 2 is 1.81 bits per heavy atom. The Kier molecular flexibility index (Phi) is 7.83. The molecule has 142 valence electrons. The molecule has 0 atom stereocenters. The topological polar surface area (TPSA) is 41.7 Å². The number of hydrogen-bond acceptors (Lipinski definition) is 4. The zero-order valence-electron chi connectivity index (χ0n) is 14.1. The van der Waals surface area contributed by atoms with Gasteiger partial charge in [-0.3, -0.25) is 0 Å². The molecule has 0 radical (unpaired) electrons. The van der Waals surface area contributed by atoms with E-state index in [-0.39, 0.29) is 0 Å². The zero-order valence-corrected chi connectivity index (χ0v) is 16.3. The fourth-order valence-electron chi connectivity index (χ4n) is 2.65. The highest BCUT2D eigenvalue weighted by Gasteiger charge is 2.28. The van der Waals surface area contributed by atoms with Crippen LogP contribution in [0.4, 0.5) is 18.9 Å². The van der Waals surface area contributed by atoms with Crippen LogP contribution in [-0.4, -0.2) is 37.4 Å². The molecule has 0 aliphatic carbocycles. The number of rotatable bonds is 6. The first kappa shape index (κ1) is 20.6. The van der Waals surface area contributed by atoms with Gasteiger partial charge in [0, 0.05) is 44.1 Å². The van der Waals surface area contributed by atoms with Crippen molar-refractivity contribution in [1.29, 1.82) is 0 Å². The van der Waals surface area contributed by atoms with Gasteiger partial charge in [0.2, 0.25) is 0 Å². The molecule has 0 amide bonds. The normalized spacial score (nSPS) is 16.7. The molecule has 1 fully saturated rings. The summed E-state index contributed by atoms with van der Waals surface area (Å²) in [6.45, 7) is 3.74. The lowest BCUT2D eigenvalue weighted by Crippen LogP contribution is -2.45. The number of nitrogens with two attached hydrogens (primary N) is 1. The average molecular weight is 479 g/mol. The summed E-state index contributed by atoms with van der Waals surface area (Å²) in [6.07, 6.45) is 0.735. The summed E-state index contributed by atoms with van der Waals surface area (Å²) >= 11 is 2.09. The molecule has 0 spiro atoms. The van der Waals surface area contributed by atoms with Gasteiger partial charge in [0.1, 0.15) is 0 Å². The minimum absolute atomic E-state index is 0.524. The molecule has 8 heteroatoms. The van der Waals surface area contributed by atoms with Crippen LogP contribution in [0.2, 0.25) is 0 Å². The summed E-state index contributed by atoms with van der Waals surface area (Å²) < 4.78 is 41.5. The van der Waals surface area contributed by atoms with Crippen LogP contribution in [0, 0.1) is 0 Å². The van der Waals surface area contributed by atoms with Gasteiger partial charge in [0.25, 0.3) is 0 Å². The Morgan fingerprint density at radius 3 is 2.35 bits per heavy atom. The Labute approximate surface area is 164 Å². The monoisotopic (exact) mass is 479 g/mol. The van der Waals surface area contributed by atoms with Crippen molar-refractivity contribution < 1.29 is 17.9 Å². The molecule has 0 unspecified atom stereocenters. The van der Waals surface area contributed by atoms with Gasteiger partial charge in [0.15, 0.2) is 0 Å². The first-order valence-electron chi connectivity index (χ1n) is 8.10. The SMILES string of the molecule is NCc1ccc(N2CCN(C(/C=C\I)=C/C=C/OC(F)(F)F)CC2)cc1. The van der Waals surface area contributed by atoms with Gasteiger partial charge in [-0.05, 0) is 40.0 Å². The van der Waals surface area contributed by atoms with Crippen LogP contribution in [0.25, 0.3) is 0 Å². The minimum atomic E-state index is -4.66. The zero-order chi connectivity index (χ0) is 19.0. The van der Waals surface area contributed by atoms with E-state index in [1.807, 2.05) is 22.3 Å². The molecule has 2 N–H and O–H groups in total. The predicted octanol–water partition coefficient (Wildman–Crippen LogP) is 4.15. The van der Waals surface area contributed by atoms with Gasteiger partial charge >= 0.3 is 6.36 Å². The summed E-state index contributed by atoms with van der Waals surface area (Å²) in [7, 11) is 0. The first-order valence-corrected chi connectivity index (χ1v) is 9.34. The van der Waals surface area contributed by atoms with E-state index < -0.39 is 6.36 Å². The van der Waals surface area contributed by atoms with E-state index in [0.717, 1.165) is 43.1 Å². The third-order valence-corrected chi connectivity index (χ3v) is 4.32. The summed E-state index contributed by atoms with van der Waals surface area (Å²) in [6, 6.07) is 8.18. The van der Waals surface area contributed by atoms with E-state index in [2.05, 4.69) is 49.3 Å². The Morgan fingerprint density at radius 1 is 1.15 bits per heavy atom. The van der Waals surface area contributed by atoms with E-state index in [4.69, 9.17) is 5.73 Å². The number of halogens is 4. The van der Waals surface area contributed by atoms with Crippen LogP contribution in [0.15, 0.2) is 58.5 Å². The number of benzene rings is 1. The van der Waals surface area contributed by atoms with Crippen LogP contribution < -0.4 is 10.6 Å². The molecular formula is C18H21F3IN3O. The summed E-state index contributed by atoms with van der Waals surface area (Å²) in [4.78, 5) is 4.42. The van der Waals surface area contributed by atoms with Gasteiger partial charge in [-0.1, -0.05) is 34.7 Å². The van der Waals surface area contributed by atoms with Crippen LogP contribution in [0.5, 0.6) is 0 Å². The molecule has 4 nitrogen and oxygen atoms in total. The number of piperazine rings is 1. The van der Waals surface area contributed by atoms with Crippen LogP contribution in [0.1, 0.15) is 5.56 Å². The summed E-state index contributed by atoms with van der Waals surface area (Å²) in [5.41, 5.74) is 8.71. The van der Waals surface area contributed by atoms with Crippen molar-refractivity contribution in [3.05, 3.63) is 64.1 Å². The quantitative estimate of drug-likeness (QED) is 0.378. The lowest BCUT2D eigenvalue weighted by molar-refractivity contribution is -0.298. The second kappa shape index (κ2) is 9.86. The maximum atomic E-state index is 12.0. The third kappa shape index (κ3) is 6.56. The molecule has 2 rings (SSSR count). The van der Waals surface area contributed by atoms with Gasteiger partial charge < -0.3 is 20.3 Å². The standard InChI is InChI=1S/C18H21F3IN3O/c19-18(20,21)26-13-1-2-16(7-8-22)24-9-11-25(12-10-24)17-5-3-15(14-23)4-6-17/h1-8,13H,9-12,14,23H2/b8-7-,13-1+,16-2+. The molecule has 1 aliphatic heterocycles. The van der Waals surface area contributed by atoms with Gasteiger partial charge in [-0.2, -0.15) is 0 Å². The first-order chi connectivity index (χ1) is 12.4. The van der Waals surface area contributed by atoms with Gasteiger partial charge in [-0.25, -0.2) is 0 Å². The molecule has 1 heterocycles. The minimum Gasteiger partial charge on any atom is -0.414 e. The maximum Gasteiger partial charge on any atom is 0.572 e. The predicted molar refractivity (Wildman–Crippen MR) is 106 cm³/mol. The smallest absolute Gasteiger partial charge is 0.414 e. The highest BCUT2D eigenvalue weighted by Crippen LogP contribution is 2.20. The van der Waals surface area contributed by atoms with E-state index >= 15 is 0 Å². The van der Waals surface area contributed by atoms with Crippen molar-refractivity contribution in [2.24, 2.45) is 5.73 Å². The highest BCUT2D eigenvalue weighted by atomic mass is 127. The molecule has 0 bridgehead atoms. The van der Waals surface area contributed by atoms with Gasteiger partial charge in [0.05, 0.1) is 6.26 Å². The molecule has 1 aliphatic rings. The molecule has 0 saturated carbocycles. The number of allylic oxidation sites excluding steroid dienone is 3. The Balaban J connectivity index is 1.96. The summed E-state index contributed by atoms with van der Waals surface area (Å²) in [5.74, 6) is 0. The second-order valence-electron chi connectivity index (χ2n) is 5.62.